The lowest BCUT2D eigenvalue weighted by Crippen LogP contribution is -2.35. The van der Waals surface area contributed by atoms with Crippen LogP contribution in [0, 0.1) is 23.2 Å². The van der Waals surface area contributed by atoms with Crippen LogP contribution in [0.25, 0.3) is 0 Å². The molecule has 3 fully saturated rings. The molecule has 1 nitrogen and oxygen atoms in total. The van der Waals surface area contributed by atoms with E-state index in [4.69, 9.17) is 5.73 Å². The lowest BCUT2D eigenvalue weighted by Gasteiger charge is -2.40. The standard InChI is InChI=1S/C15H27N/c16-11-15(6-2-1-3-7-15)10-14-9-12-4-5-13(14)8-12/h12-14H,1-11,16H2. The Morgan fingerprint density at radius 3 is 2.38 bits per heavy atom. The van der Waals surface area contributed by atoms with Gasteiger partial charge < -0.3 is 5.73 Å². The summed E-state index contributed by atoms with van der Waals surface area (Å²) in [5, 5.41) is 0. The van der Waals surface area contributed by atoms with Crippen LogP contribution in [-0.2, 0) is 0 Å². The Bertz CT molecular complexity index is 242. The Kier molecular flexibility index (Phi) is 2.99. The summed E-state index contributed by atoms with van der Waals surface area (Å²) in [7, 11) is 0. The molecule has 0 amide bonds. The molecule has 3 rings (SSSR count). The summed E-state index contributed by atoms with van der Waals surface area (Å²) in [6, 6.07) is 0. The van der Waals surface area contributed by atoms with E-state index < -0.39 is 0 Å². The van der Waals surface area contributed by atoms with Crippen LogP contribution in [0.2, 0.25) is 0 Å². The molecule has 0 aromatic rings. The molecule has 3 aliphatic rings. The van der Waals surface area contributed by atoms with Crippen LogP contribution < -0.4 is 5.73 Å². The normalized spacial score (nSPS) is 41.4. The predicted molar refractivity (Wildman–Crippen MR) is 68.1 cm³/mol. The van der Waals surface area contributed by atoms with Gasteiger partial charge >= 0.3 is 0 Å². The second-order valence-electron chi connectivity index (χ2n) is 6.90. The van der Waals surface area contributed by atoms with Crippen LogP contribution in [0.1, 0.15) is 64.2 Å². The molecule has 0 saturated heterocycles. The molecule has 2 bridgehead atoms. The van der Waals surface area contributed by atoms with Gasteiger partial charge in [-0.25, -0.2) is 0 Å². The molecule has 16 heavy (non-hydrogen) atoms. The van der Waals surface area contributed by atoms with E-state index >= 15 is 0 Å². The molecule has 0 aromatic heterocycles. The Hall–Kier alpha value is -0.0400. The summed E-state index contributed by atoms with van der Waals surface area (Å²) < 4.78 is 0. The molecule has 0 aromatic carbocycles. The molecule has 3 unspecified atom stereocenters. The molecule has 0 spiro atoms. The van der Waals surface area contributed by atoms with Gasteiger partial charge in [-0.3, -0.25) is 0 Å². The van der Waals surface area contributed by atoms with Gasteiger partial charge in [0.15, 0.2) is 0 Å². The zero-order valence-corrected chi connectivity index (χ0v) is 10.6. The van der Waals surface area contributed by atoms with Crippen LogP contribution >= 0.6 is 0 Å². The van der Waals surface area contributed by atoms with Crippen LogP contribution in [-0.4, -0.2) is 6.54 Å². The van der Waals surface area contributed by atoms with Crippen LogP contribution in [0.15, 0.2) is 0 Å². The van der Waals surface area contributed by atoms with Crippen molar-refractivity contribution in [3.8, 4) is 0 Å². The maximum atomic E-state index is 6.11. The molecule has 0 heterocycles. The van der Waals surface area contributed by atoms with E-state index in [1.165, 1.54) is 51.4 Å². The number of fused-ring (bicyclic) bond motifs is 2. The zero-order chi connectivity index (χ0) is 11.0. The molecular formula is C15H27N. The second kappa shape index (κ2) is 4.33. The Labute approximate surface area is 100 Å². The Morgan fingerprint density at radius 1 is 1.00 bits per heavy atom. The first-order valence-electron chi connectivity index (χ1n) is 7.51. The zero-order valence-electron chi connectivity index (χ0n) is 10.6. The fourth-order valence-electron chi connectivity index (χ4n) is 4.98. The Balaban J connectivity index is 1.63. The number of rotatable bonds is 3. The fourth-order valence-corrected chi connectivity index (χ4v) is 4.98. The molecule has 0 aliphatic heterocycles. The molecule has 92 valence electrons. The molecule has 2 N–H and O–H groups in total. The maximum absolute atomic E-state index is 6.11. The van der Waals surface area contributed by atoms with Gasteiger partial charge in [0.2, 0.25) is 0 Å². The minimum Gasteiger partial charge on any atom is -0.330 e. The first-order valence-corrected chi connectivity index (χ1v) is 7.51. The van der Waals surface area contributed by atoms with Crippen molar-refractivity contribution in [2.24, 2.45) is 28.9 Å². The smallest absolute Gasteiger partial charge is 0.00204 e. The maximum Gasteiger partial charge on any atom is -0.00204 e. The van der Waals surface area contributed by atoms with E-state index in [1.807, 2.05) is 0 Å². The van der Waals surface area contributed by atoms with Crippen LogP contribution in [0.4, 0.5) is 0 Å². The van der Waals surface area contributed by atoms with Gasteiger partial charge in [-0.05, 0) is 68.2 Å². The predicted octanol–water partition coefficient (Wildman–Crippen LogP) is 3.72. The van der Waals surface area contributed by atoms with E-state index in [9.17, 15) is 0 Å². The number of hydrogen-bond acceptors (Lipinski definition) is 1. The average molecular weight is 221 g/mol. The van der Waals surface area contributed by atoms with E-state index in [1.54, 1.807) is 12.8 Å². The second-order valence-corrected chi connectivity index (χ2v) is 6.90. The van der Waals surface area contributed by atoms with Crippen molar-refractivity contribution < 1.29 is 0 Å². The van der Waals surface area contributed by atoms with Gasteiger partial charge in [-0.2, -0.15) is 0 Å². The summed E-state index contributed by atoms with van der Waals surface area (Å²) in [5.74, 6) is 3.25. The highest BCUT2D eigenvalue weighted by atomic mass is 14.6. The molecule has 0 radical (unpaired) electrons. The number of nitrogens with two attached hydrogens (primary N) is 1. The van der Waals surface area contributed by atoms with Crippen molar-refractivity contribution in [3.05, 3.63) is 0 Å². The minimum atomic E-state index is 0.563. The summed E-state index contributed by atoms with van der Waals surface area (Å²) >= 11 is 0. The van der Waals surface area contributed by atoms with Gasteiger partial charge in [0.1, 0.15) is 0 Å². The molecule has 3 aliphatic carbocycles. The topological polar surface area (TPSA) is 26.0 Å². The van der Waals surface area contributed by atoms with Gasteiger partial charge in [0, 0.05) is 0 Å². The lowest BCUT2D eigenvalue weighted by molar-refractivity contribution is 0.126. The third-order valence-corrected chi connectivity index (χ3v) is 5.93. The van der Waals surface area contributed by atoms with Crippen LogP contribution in [0.3, 0.4) is 0 Å². The number of hydrogen-bond donors (Lipinski definition) is 1. The minimum absolute atomic E-state index is 0.563. The van der Waals surface area contributed by atoms with E-state index in [0.717, 1.165) is 24.3 Å². The summed E-state index contributed by atoms with van der Waals surface area (Å²) in [6.07, 6.45) is 14.9. The third-order valence-electron chi connectivity index (χ3n) is 5.93. The van der Waals surface area contributed by atoms with Crippen molar-refractivity contribution in [1.29, 1.82) is 0 Å². The van der Waals surface area contributed by atoms with Gasteiger partial charge in [0.25, 0.3) is 0 Å². The molecule has 3 atom stereocenters. The van der Waals surface area contributed by atoms with Gasteiger partial charge in [-0.1, -0.05) is 25.7 Å². The first-order chi connectivity index (χ1) is 7.81. The summed E-state index contributed by atoms with van der Waals surface area (Å²) in [4.78, 5) is 0. The van der Waals surface area contributed by atoms with Crippen molar-refractivity contribution >= 4 is 0 Å². The highest BCUT2D eigenvalue weighted by molar-refractivity contribution is 4.95. The lowest BCUT2D eigenvalue weighted by atomic mass is 9.66. The van der Waals surface area contributed by atoms with Crippen molar-refractivity contribution in [2.75, 3.05) is 6.54 Å². The summed E-state index contributed by atoms with van der Waals surface area (Å²) in [5.41, 5.74) is 6.68. The quantitative estimate of drug-likeness (QED) is 0.772. The average Bonchev–Trinajstić information content (AvgIpc) is 2.92. The molecular weight excluding hydrogens is 194 g/mol. The highest BCUT2D eigenvalue weighted by Crippen LogP contribution is 2.53. The van der Waals surface area contributed by atoms with E-state index in [0.29, 0.717) is 5.41 Å². The first kappa shape index (κ1) is 11.1. The fraction of sp³-hybridized carbons (Fsp3) is 1.00. The van der Waals surface area contributed by atoms with Crippen LogP contribution in [0.5, 0.6) is 0 Å². The van der Waals surface area contributed by atoms with Crippen molar-refractivity contribution in [2.45, 2.75) is 64.2 Å². The highest BCUT2D eigenvalue weighted by Gasteiger charge is 2.43. The summed E-state index contributed by atoms with van der Waals surface area (Å²) in [6.45, 7) is 0.959. The van der Waals surface area contributed by atoms with Gasteiger partial charge in [0.05, 0.1) is 0 Å². The monoisotopic (exact) mass is 221 g/mol. The van der Waals surface area contributed by atoms with E-state index in [-0.39, 0.29) is 0 Å². The Morgan fingerprint density at radius 2 is 1.81 bits per heavy atom. The van der Waals surface area contributed by atoms with Crippen molar-refractivity contribution in [3.63, 3.8) is 0 Å². The molecule has 3 saturated carbocycles. The molecule has 1 heteroatoms. The third kappa shape index (κ3) is 1.92. The van der Waals surface area contributed by atoms with E-state index in [2.05, 4.69) is 0 Å². The van der Waals surface area contributed by atoms with Crippen molar-refractivity contribution in [1.82, 2.24) is 0 Å². The SMILES string of the molecule is NCC1(CC2CC3CCC2C3)CCCCC1. The largest absolute Gasteiger partial charge is 0.330 e. The van der Waals surface area contributed by atoms with Gasteiger partial charge in [-0.15, -0.1) is 0 Å².